The summed E-state index contributed by atoms with van der Waals surface area (Å²) in [7, 11) is 0. The third-order valence-electron chi connectivity index (χ3n) is 11.6. The van der Waals surface area contributed by atoms with Crippen molar-refractivity contribution in [3.63, 3.8) is 0 Å². The topological polar surface area (TPSA) is 76.1 Å². The Morgan fingerprint density at radius 2 is 1.14 bits per heavy atom. The average molecular weight is 722 g/mol. The fourth-order valence-corrected chi connectivity index (χ4v) is 7.67. The lowest BCUT2D eigenvalue weighted by molar-refractivity contribution is -0.154. The molecule has 0 amide bonds. The van der Waals surface area contributed by atoms with Crippen molar-refractivity contribution in [2.45, 2.75) is 221 Å². The number of carbonyl (C=O) groups excluding carboxylic acids is 2. The van der Waals surface area contributed by atoms with E-state index < -0.39 is 5.41 Å². The highest BCUT2D eigenvalue weighted by molar-refractivity contribution is 5.75. The van der Waals surface area contributed by atoms with Crippen molar-refractivity contribution in [3.8, 4) is 0 Å². The van der Waals surface area contributed by atoms with Gasteiger partial charge in [0.05, 0.1) is 31.7 Å². The summed E-state index contributed by atoms with van der Waals surface area (Å²) in [6, 6.07) is 0. The number of rotatable bonds is 38. The van der Waals surface area contributed by atoms with E-state index in [9.17, 15) is 14.7 Å². The van der Waals surface area contributed by atoms with E-state index in [2.05, 4.69) is 25.7 Å². The van der Waals surface area contributed by atoms with Gasteiger partial charge in [0.15, 0.2) is 0 Å². The highest BCUT2D eigenvalue weighted by Gasteiger charge is 2.43. The second-order valence-corrected chi connectivity index (χ2v) is 17.1. The first-order chi connectivity index (χ1) is 24.7. The first-order valence-corrected chi connectivity index (χ1v) is 22.4. The summed E-state index contributed by atoms with van der Waals surface area (Å²) in [6.07, 6.45) is 34.4. The largest absolute Gasteiger partial charge is 0.466 e. The summed E-state index contributed by atoms with van der Waals surface area (Å²) in [5.74, 6) is 0.785. The zero-order valence-corrected chi connectivity index (χ0v) is 34.9. The summed E-state index contributed by atoms with van der Waals surface area (Å²) in [5, 5.41) is 9.62. The smallest absolute Gasteiger partial charge is 0.311 e. The fourth-order valence-electron chi connectivity index (χ4n) is 7.67. The minimum absolute atomic E-state index is 0.0254. The van der Waals surface area contributed by atoms with Crippen LogP contribution in [0.25, 0.3) is 0 Å². The maximum Gasteiger partial charge on any atom is 0.311 e. The Morgan fingerprint density at radius 3 is 1.75 bits per heavy atom. The monoisotopic (exact) mass is 722 g/mol. The normalized spacial score (nSPS) is 14.0. The number of unbranched alkanes of at least 4 members (excludes halogenated alkanes) is 15. The first kappa shape index (κ1) is 47.9. The van der Waals surface area contributed by atoms with Gasteiger partial charge < -0.3 is 19.5 Å². The van der Waals surface area contributed by atoms with Crippen LogP contribution in [0.3, 0.4) is 0 Å². The van der Waals surface area contributed by atoms with Gasteiger partial charge in [0.25, 0.3) is 0 Å². The quantitative estimate of drug-likeness (QED) is 0.0505. The standard InChI is InChI=1S/C45H87NO5/c1-6-9-12-13-14-17-25-38-51-43(49)44(4,5)30-21-15-16-23-34-46(36-37-47)35-24-18-22-31-45(32-33-45)40-42(48)50-39-26-29-41(27-19-10-7-2)28-20-11-8-3/h41,47H,6-40H2,1-5H3. The molecule has 0 heterocycles. The molecule has 1 aliphatic carbocycles. The third kappa shape index (κ3) is 26.3. The molecule has 1 rings (SSSR count). The van der Waals surface area contributed by atoms with Crippen molar-refractivity contribution in [1.82, 2.24) is 4.90 Å². The molecule has 1 saturated carbocycles. The Labute approximate surface area is 317 Å². The minimum atomic E-state index is -0.409. The van der Waals surface area contributed by atoms with Gasteiger partial charge in [0.2, 0.25) is 0 Å². The van der Waals surface area contributed by atoms with Crippen LogP contribution in [0, 0.1) is 16.7 Å². The van der Waals surface area contributed by atoms with Gasteiger partial charge in [-0.05, 0) is 96.1 Å². The number of nitrogens with zero attached hydrogens (tertiary/aromatic N) is 1. The van der Waals surface area contributed by atoms with Crippen LogP contribution in [0.4, 0.5) is 0 Å². The highest BCUT2D eigenvalue weighted by atomic mass is 16.5. The van der Waals surface area contributed by atoms with Gasteiger partial charge in [0, 0.05) is 6.54 Å². The summed E-state index contributed by atoms with van der Waals surface area (Å²) >= 11 is 0. The zero-order valence-electron chi connectivity index (χ0n) is 34.9. The SMILES string of the molecule is CCCCCCCCCOC(=O)C(C)(C)CCCCCCN(CCO)CCCCCC1(CC(=O)OCCCC(CCCCC)CCCCC)CC1. The van der Waals surface area contributed by atoms with E-state index in [1.54, 1.807) is 0 Å². The molecule has 0 aromatic heterocycles. The van der Waals surface area contributed by atoms with Crippen LogP contribution in [0.5, 0.6) is 0 Å². The number of hydrogen-bond donors (Lipinski definition) is 1. The van der Waals surface area contributed by atoms with Crippen LogP contribution < -0.4 is 0 Å². The van der Waals surface area contributed by atoms with Gasteiger partial charge in [-0.2, -0.15) is 0 Å². The highest BCUT2D eigenvalue weighted by Crippen LogP contribution is 2.53. The molecule has 1 N–H and O–H groups in total. The maximum absolute atomic E-state index is 12.7. The molecule has 0 radical (unpaired) electrons. The Balaban J connectivity index is 2.15. The van der Waals surface area contributed by atoms with Crippen LogP contribution in [0.2, 0.25) is 0 Å². The van der Waals surface area contributed by atoms with Gasteiger partial charge in [-0.3, -0.25) is 9.59 Å². The first-order valence-electron chi connectivity index (χ1n) is 22.4. The van der Waals surface area contributed by atoms with Gasteiger partial charge in [-0.15, -0.1) is 0 Å². The van der Waals surface area contributed by atoms with Crippen LogP contribution in [-0.2, 0) is 19.1 Å². The van der Waals surface area contributed by atoms with Crippen LogP contribution in [0.15, 0.2) is 0 Å². The Bertz CT molecular complexity index is 815. The minimum Gasteiger partial charge on any atom is -0.466 e. The Hall–Kier alpha value is -1.14. The van der Waals surface area contributed by atoms with Gasteiger partial charge in [-0.25, -0.2) is 0 Å². The zero-order chi connectivity index (χ0) is 37.5. The molecule has 0 atom stereocenters. The van der Waals surface area contributed by atoms with E-state index in [1.165, 1.54) is 116 Å². The Kier molecular flexibility index (Phi) is 29.3. The number of esters is 2. The van der Waals surface area contributed by atoms with E-state index in [4.69, 9.17) is 9.47 Å². The molecule has 0 saturated heterocycles. The molecule has 0 aliphatic heterocycles. The molecule has 0 unspecified atom stereocenters. The van der Waals surface area contributed by atoms with E-state index in [0.29, 0.717) is 19.6 Å². The fraction of sp³-hybridized carbons (Fsp3) is 0.956. The number of ether oxygens (including phenoxy) is 2. The Morgan fingerprint density at radius 1 is 0.627 bits per heavy atom. The van der Waals surface area contributed by atoms with E-state index in [-0.39, 0.29) is 24.0 Å². The lowest BCUT2D eigenvalue weighted by Gasteiger charge is -2.23. The summed E-state index contributed by atoms with van der Waals surface area (Å²) in [4.78, 5) is 27.7. The summed E-state index contributed by atoms with van der Waals surface area (Å²) in [6.45, 7) is 15.0. The molecular formula is C45H87NO5. The van der Waals surface area contributed by atoms with Crippen LogP contribution >= 0.6 is 0 Å². The van der Waals surface area contributed by atoms with Crippen molar-refractivity contribution < 1.29 is 24.2 Å². The van der Waals surface area contributed by atoms with Crippen molar-refractivity contribution in [1.29, 1.82) is 0 Å². The van der Waals surface area contributed by atoms with E-state index in [0.717, 1.165) is 89.8 Å². The van der Waals surface area contributed by atoms with Gasteiger partial charge in [0.1, 0.15) is 0 Å². The molecule has 0 aromatic carbocycles. The van der Waals surface area contributed by atoms with Crippen molar-refractivity contribution in [3.05, 3.63) is 0 Å². The number of aliphatic hydroxyl groups is 1. The predicted molar refractivity (Wildman–Crippen MR) is 216 cm³/mol. The molecule has 51 heavy (non-hydrogen) atoms. The van der Waals surface area contributed by atoms with Crippen LogP contribution in [-0.4, -0.2) is 61.4 Å². The second kappa shape index (κ2) is 31.2. The third-order valence-corrected chi connectivity index (χ3v) is 11.6. The summed E-state index contributed by atoms with van der Waals surface area (Å²) < 4.78 is 11.4. The molecule has 6 nitrogen and oxygen atoms in total. The average Bonchev–Trinajstić information content (AvgIpc) is 3.87. The lowest BCUT2D eigenvalue weighted by atomic mass is 9.87. The molecule has 1 aliphatic rings. The summed E-state index contributed by atoms with van der Waals surface area (Å²) in [5.41, 5.74) is -0.197. The maximum atomic E-state index is 12.7. The predicted octanol–water partition coefficient (Wildman–Crippen LogP) is 12.4. The van der Waals surface area contributed by atoms with E-state index in [1.807, 2.05) is 13.8 Å². The molecule has 1 fully saturated rings. The number of carbonyl (C=O) groups is 2. The second-order valence-electron chi connectivity index (χ2n) is 17.1. The lowest BCUT2D eigenvalue weighted by Crippen LogP contribution is -2.29. The molecule has 6 heteroatoms. The van der Waals surface area contributed by atoms with E-state index >= 15 is 0 Å². The van der Waals surface area contributed by atoms with Crippen molar-refractivity contribution >= 4 is 11.9 Å². The number of aliphatic hydroxyl groups excluding tert-OH is 1. The molecule has 0 spiro atoms. The van der Waals surface area contributed by atoms with Crippen LogP contribution in [0.1, 0.15) is 221 Å². The van der Waals surface area contributed by atoms with Crippen molar-refractivity contribution in [2.75, 3.05) is 39.5 Å². The molecule has 302 valence electrons. The van der Waals surface area contributed by atoms with Gasteiger partial charge >= 0.3 is 11.9 Å². The van der Waals surface area contributed by atoms with Gasteiger partial charge in [-0.1, -0.05) is 143 Å². The molecule has 0 aromatic rings. The van der Waals surface area contributed by atoms with Crippen molar-refractivity contribution in [2.24, 2.45) is 16.7 Å². The number of hydrogen-bond acceptors (Lipinski definition) is 6. The molecule has 0 bridgehead atoms. The molecular weight excluding hydrogens is 634 g/mol.